The van der Waals surface area contributed by atoms with Crippen LogP contribution in [-0.2, 0) is 9.53 Å². The van der Waals surface area contributed by atoms with Gasteiger partial charge in [0.2, 0.25) is 0 Å². The van der Waals surface area contributed by atoms with Crippen molar-refractivity contribution in [1.82, 2.24) is 5.32 Å². The topological polar surface area (TPSA) is 84.5 Å². The number of benzene rings is 2. The second kappa shape index (κ2) is 9.36. The molecule has 0 bridgehead atoms. The lowest BCUT2D eigenvalue weighted by molar-refractivity contribution is -0.119. The van der Waals surface area contributed by atoms with Gasteiger partial charge in [-0.3, -0.25) is 9.59 Å². The van der Waals surface area contributed by atoms with E-state index in [-0.39, 0.29) is 5.91 Å². The second-order valence-corrected chi connectivity index (χ2v) is 6.14. The molecular weight excluding hydrogens is 332 g/mol. The Morgan fingerprint density at radius 2 is 1.62 bits per heavy atom. The Bertz CT molecular complexity index is 772. The van der Waals surface area contributed by atoms with Crippen LogP contribution in [0.5, 0.6) is 0 Å². The summed E-state index contributed by atoms with van der Waals surface area (Å²) in [6.45, 7) is 4.09. The molecule has 2 aromatic carbocycles. The van der Waals surface area contributed by atoms with Crippen molar-refractivity contribution in [3.63, 3.8) is 0 Å². The van der Waals surface area contributed by atoms with Crippen molar-refractivity contribution < 1.29 is 19.1 Å². The van der Waals surface area contributed by atoms with Crippen LogP contribution in [0.3, 0.4) is 0 Å². The first-order valence-corrected chi connectivity index (χ1v) is 8.36. The van der Waals surface area contributed by atoms with Crippen molar-refractivity contribution in [2.24, 2.45) is 5.92 Å². The van der Waals surface area contributed by atoms with E-state index < -0.39 is 18.5 Å². The van der Waals surface area contributed by atoms with E-state index in [4.69, 9.17) is 4.74 Å². The number of hydrogen-bond acceptors (Lipinski definition) is 4. The lowest BCUT2D eigenvalue weighted by atomic mass is 10.1. The van der Waals surface area contributed by atoms with Gasteiger partial charge in [0.05, 0.1) is 16.8 Å². The highest BCUT2D eigenvalue weighted by Crippen LogP contribution is 2.15. The maximum absolute atomic E-state index is 12.3. The molecular formula is C20H22N2O4. The standard InChI is InChI=1S/C20H22N2O4/c1-14(2)12-21-19(24)16-10-6-7-11-17(16)22-18(23)13-26-20(25)15-8-4-3-5-9-15/h3-11,14H,12-13H2,1-2H3,(H,21,24)(H,22,23). The molecule has 0 radical (unpaired) electrons. The average molecular weight is 354 g/mol. The van der Waals surface area contributed by atoms with E-state index >= 15 is 0 Å². The number of ether oxygens (including phenoxy) is 1. The molecule has 2 N–H and O–H groups in total. The van der Waals surface area contributed by atoms with Crippen LogP contribution in [-0.4, -0.2) is 30.9 Å². The normalized spacial score (nSPS) is 10.3. The Labute approximate surface area is 152 Å². The molecule has 0 aliphatic rings. The molecule has 0 saturated carbocycles. The maximum atomic E-state index is 12.3. The van der Waals surface area contributed by atoms with Gasteiger partial charge in [0.15, 0.2) is 6.61 Å². The summed E-state index contributed by atoms with van der Waals surface area (Å²) in [6, 6.07) is 15.1. The van der Waals surface area contributed by atoms with Gasteiger partial charge in [0.1, 0.15) is 0 Å². The SMILES string of the molecule is CC(C)CNC(=O)c1ccccc1NC(=O)COC(=O)c1ccccc1. The van der Waals surface area contributed by atoms with Gasteiger partial charge in [-0.1, -0.05) is 44.2 Å². The van der Waals surface area contributed by atoms with Gasteiger partial charge < -0.3 is 15.4 Å². The fraction of sp³-hybridized carbons (Fsp3) is 0.250. The van der Waals surface area contributed by atoms with Crippen molar-refractivity contribution in [3.05, 3.63) is 65.7 Å². The van der Waals surface area contributed by atoms with Crippen molar-refractivity contribution in [2.45, 2.75) is 13.8 Å². The minimum atomic E-state index is -0.580. The third-order valence-corrected chi connectivity index (χ3v) is 3.46. The summed E-state index contributed by atoms with van der Waals surface area (Å²) >= 11 is 0. The largest absolute Gasteiger partial charge is 0.452 e. The summed E-state index contributed by atoms with van der Waals surface area (Å²) < 4.78 is 4.99. The predicted octanol–water partition coefficient (Wildman–Crippen LogP) is 2.87. The molecule has 0 unspecified atom stereocenters. The van der Waals surface area contributed by atoms with E-state index in [9.17, 15) is 14.4 Å². The molecule has 2 rings (SSSR count). The lowest BCUT2D eigenvalue weighted by Gasteiger charge is -2.12. The first-order valence-electron chi connectivity index (χ1n) is 8.36. The van der Waals surface area contributed by atoms with Crippen LogP contribution in [0.25, 0.3) is 0 Å². The van der Waals surface area contributed by atoms with E-state index in [1.807, 2.05) is 13.8 Å². The number of hydrogen-bond donors (Lipinski definition) is 2. The van der Waals surface area contributed by atoms with E-state index in [0.717, 1.165) is 0 Å². The molecule has 0 aliphatic carbocycles. The average Bonchev–Trinajstić information content (AvgIpc) is 2.65. The molecule has 0 saturated heterocycles. The highest BCUT2D eigenvalue weighted by molar-refractivity contribution is 6.04. The van der Waals surface area contributed by atoms with Gasteiger partial charge in [-0.05, 0) is 30.2 Å². The minimum absolute atomic E-state index is 0.268. The monoisotopic (exact) mass is 354 g/mol. The number of carbonyl (C=O) groups excluding carboxylic acids is 3. The molecule has 0 atom stereocenters. The Morgan fingerprint density at radius 1 is 0.962 bits per heavy atom. The molecule has 6 nitrogen and oxygen atoms in total. The summed E-state index contributed by atoms with van der Waals surface area (Å²) in [6.07, 6.45) is 0. The van der Waals surface area contributed by atoms with E-state index in [1.165, 1.54) is 0 Å². The minimum Gasteiger partial charge on any atom is -0.452 e. The van der Waals surface area contributed by atoms with E-state index in [1.54, 1.807) is 54.6 Å². The predicted molar refractivity (Wildman–Crippen MR) is 99.0 cm³/mol. The smallest absolute Gasteiger partial charge is 0.338 e. The molecule has 0 heterocycles. The zero-order chi connectivity index (χ0) is 18.9. The summed E-state index contributed by atoms with van der Waals surface area (Å²) in [5.41, 5.74) is 1.10. The van der Waals surface area contributed by atoms with Crippen molar-refractivity contribution >= 4 is 23.5 Å². The van der Waals surface area contributed by atoms with Crippen molar-refractivity contribution in [1.29, 1.82) is 0 Å². The van der Waals surface area contributed by atoms with Crippen molar-refractivity contribution in [2.75, 3.05) is 18.5 Å². The highest BCUT2D eigenvalue weighted by atomic mass is 16.5. The van der Waals surface area contributed by atoms with Crippen molar-refractivity contribution in [3.8, 4) is 0 Å². The summed E-state index contributed by atoms with van der Waals surface area (Å²) in [7, 11) is 0. The molecule has 136 valence electrons. The summed E-state index contributed by atoms with van der Waals surface area (Å²) in [5, 5.41) is 5.42. The van der Waals surface area contributed by atoms with Crippen LogP contribution < -0.4 is 10.6 Å². The highest BCUT2D eigenvalue weighted by Gasteiger charge is 2.14. The van der Waals surface area contributed by atoms with Gasteiger partial charge >= 0.3 is 5.97 Å². The third kappa shape index (κ3) is 5.73. The van der Waals surface area contributed by atoms with Crippen LogP contribution in [0.15, 0.2) is 54.6 Å². The molecule has 0 spiro atoms. The first-order chi connectivity index (χ1) is 12.5. The zero-order valence-corrected chi connectivity index (χ0v) is 14.8. The van der Waals surface area contributed by atoms with Gasteiger partial charge in [0.25, 0.3) is 11.8 Å². The number of amides is 2. The van der Waals surface area contributed by atoms with Crippen LogP contribution >= 0.6 is 0 Å². The molecule has 0 aromatic heterocycles. The maximum Gasteiger partial charge on any atom is 0.338 e. The number of esters is 1. The van der Waals surface area contributed by atoms with Crippen LogP contribution in [0.1, 0.15) is 34.6 Å². The number of anilines is 1. The molecule has 2 amide bonds. The van der Waals surface area contributed by atoms with Crippen LogP contribution in [0, 0.1) is 5.92 Å². The van der Waals surface area contributed by atoms with Gasteiger partial charge in [0, 0.05) is 6.54 Å². The van der Waals surface area contributed by atoms with E-state index in [0.29, 0.717) is 29.3 Å². The van der Waals surface area contributed by atoms with Crippen LogP contribution in [0.4, 0.5) is 5.69 Å². The number of rotatable bonds is 7. The Kier molecular flexibility index (Phi) is 6.91. The molecule has 0 fully saturated rings. The Balaban J connectivity index is 1.94. The summed E-state index contributed by atoms with van der Waals surface area (Å²) in [5.74, 6) is -1.05. The first kappa shape index (κ1) is 19.2. The number of carbonyl (C=O) groups is 3. The van der Waals surface area contributed by atoms with Gasteiger partial charge in [-0.15, -0.1) is 0 Å². The van der Waals surface area contributed by atoms with Gasteiger partial charge in [-0.2, -0.15) is 0 Å². The molecule has 6 heteroatoms. The fourth-order valence-corrected chi connectivity index (χ4v) is 2.16. The molecule has 26 heavy (non-hydrogen) atoms. The third-order valence-electron chi connectivity index (χ3n) is 3.46. The fourth-order valence-electron chi connectivity index (χ4n) is 2.16. The molecule has 0 aliphatic heterocycles. The van der Waals surface area contributed by atoms with Gasteiger partial charge in [-0.25, -0.2) is 4.79 Å². The Morgan fingerprint density at radius 3 is 2.31 bits per heavy atom. The lowest BCUT2D eigenvalue weighted by Crippen LogP contribution is -2.29. The second-order valence-electron chi connectivity index (χ2n) is 6.14. The Hall–Kier alpha value is -3.15. The summed E-state index contributed by atoms with van der Waals surface area (Å²) in [4.78, 5) is 36.2. The number of para-hydroxylation sites is 1. The zero-order valence-electron chi connectivity index (χ0n) is 14.8. The number of nitrogens with one attached hydrogen (secondary N) is 2. The molecule has 2 aromatic rings. The van der Waals surface area contributed by atoms with E-state index in [2.05, 4.69) is 10.6 Å². The van der Waals surface area contributed by atoms with Crippen LogP contribution in [0.2, 0.25) is 0 Å². The quantitative estimate of drug-likeness (QED) is 0.749.